The van der Waals surface area contributed by atoms with E-state index in [4.69, 9.17) is 18.6 Å². The zero-order valence-electron chi connectivity index (χ0n) is 17.9. The Morgan fingerprint density at radius 2 is 1.84 bits per heavy atom. The molecule has 4 rings (SSSR count). The fourth-order valence-corrected chi connectivity index (χ4v) is 3.53. The van der Waals surface area contributed by atoms with Crippen LogP contribution in [0.4, 0.5) is 5.69 Å². The minimum atomic E-state index is -0.405. The average Bonchev–Trinajstić information content (AvgIpc) is 3.20. The highest BCUT2D eigenvalue weighted by molar-refractivity contribution is 6.13. The number of methoxy groups -OCH3 is 2. The van der Waals surface area contributed by atoms with Gasteiger partial charge >= 0.3 is 0 Å². The quantitative estimate of drug-likeness (QED) is 0.594. The lowest BCUT2D eigenvalue weighted by atomic mass is 10.1. The number of hydrogen-bond acceptors (Lipinski definition) is 6. The number of nitrogens with one attached hydrogen (secondary N) is 1. The van der Waals surface area contributed by atoms with Crippen LogP contribution in [-0.4, -0.2) is 57.2 Å². The van der Waals surface area contributed by atoms with E-state index in [0.29, 0.717) is 60.0 Å². The van der Waals surface area contributed by atoms with Gasteiger partial charge in [0.15, 0.2) is 0 Å². The number of benzene rings is 2. The molecule has 0 atom stereocenters. The van der Waals surface area contributed by atoms with Crippen molar-refractivity contribution >= 4 is 34.5 Å². The van der Waals surface area contributed by atoms with Gasteiger partial charge in [0.2, 0.25) is 11.7 Å². The zero-order chi connectivity index (χ0) is 22.5. The second-order valence-corrected chi connectivity index (χ2v) is 7.14. The Morgan fingerprint density at radius 1 is 1.06 bits per heavy atom. The Bertz CT molecular complexity index is 1160. The number of para-hydroxylation sites is 1. The van der Waals surface area contributed by atoms with Gasteiger partial charge in [-0.15, -0.1) is 0 Å². The van der Waals surface area contributed by atoms with Gasteiger partial charge in [0.1, 0.15) is 22.8 Å². The van der Waals surface area contributed by atoms with Gasteiger partial charge in [0.25, 0.3) is 5.91 Å². The summed E-state index contributed by atoms with van der Waals surface area (Å²) in [5.41, 5.74) is 1.56. The van der Waals surface area contributed by atoms with Crippen LogP contribution in [0, 0.1) is 0 Å². The summed E-state index contributed by atoms with van der Waals surface area (Å²) in [7, 11) is 3.12. The molecule has 32 heavy (non-hydrogen) atoms. The van der Waals surface area contributed by atoms with E-state index < -0.39 is 5.91 Å². The molecule has 1 N–H and O–H groups in total. The minimum absolute atomic E-state index is 0.105. The number of hydrogen-bond donors (Lipinski definition) is 1. The molecule has 1 fully saturated rings. The summed E-state index contributed by atoms with van der Waals surface area (Å²) in [6, 6.07) is 12.5. The largest absolute Gasteiger partial charge is 0.497 e. The number of fused-ring (bicyclic) bond motifs is 1. The first kappa shape index (κ1) is 21.5. The van der Waals surface area contributed by atoms with Crippen LogP contribution in [0.2, 0.25) is 0 Å². The number of furan rings is 1. The molecular weight excluding hydrogens is 412 g/mol. The monoisotopic (exact) mass is 436 g/mol. The molecule has 0 bridgehead atoms. The topological polar surface area (TPSA) is 90.2 Å². The molecule has 1 aliphatic heterocycles. The maximum absolute atomic E-state index is 13.1. The lowest BCUT2D eigenvalue weighted by Crippen LogP contribution is -2.40. The zero-order valence-corrected chi connectivity index (χ0v) is 17.9. The molecule has 8 nitrogen and oxygen atoms in total. The maximum Gasteiger partial charge on any atom is 0.291 e. The summed E-state index contributed by atoms with van der Waals surface area (Å²) in [6.45, 7) is 1.88. The van der Waals surface area contributed by atoms with Crippen molar-refractivity contribution in [2.24, 2.45) is 0 Å². The second kappa shape index (κ2) is 9.57. The Hall–Kier alpha value is -3.78. The van der Waals surface area contributed by atoms with E-state index >= 15 is 0 Å². The third kappa shape index (κ3) is 4.45. The van der Waals surface area contributed by atoms with Crippen LogP contribution < -0.4 is 14.8 Å². The number of rotatable bonds is 6. The van der Waals surface area contributed by atoms with E-state index in [1.807, 2.05) is 12.1 Å². The Kier molecular flexibility index (Phi) is 6.42. The second-order valence-electron chi connectivity index (χ2n) is 7.14. The van der Waals surface area contributed by atoms with Gasteiger partial charge in [-0.3, -0.25) is 9.59 Å². The molecule has 2 aromatic carbocycles. The predicted molar refractivity (Wildman–Crippen MR) is 120 cm³/mol. The molecule has 8 heteroatoms. The molecule has 1 aliphatic rings. The first-order chi connectivity index (χ1) is 15.6. The lowest BCUT2D eigenvalue weighted by Gasteiger charge is -2.26. The summed E-state index contributed by atoms with van der Waals surface area (Å²) in [5.74, 6) is 0.668. The van der Waals surface area contributed by atoms with E-state index in [-0.39, 0.29) is 11.7 Å². The van der Waals surface area contributed by atoms with Crippen LogP contribution in [-0.2, 0) is 9.53 Å². The number of anilines is 1. The molecule has 2 heterocycles. The van der Waals surface area contributed by atoms with E-state index in [9.17, 15) is 9.59 Å². The molecule has 0 spiro atoms. The predicted octanol–water partition coefficient (Wildman–Crippen LogP) is 3.57. The van der Waals surface area contributed by atoms with Crippen LogP contribution in [0.25, 0.3) is 17.0 Å². The van der Waals surface area contributed by atoms with Crippen molar-refractivity contribution in [3.8, 4) is 11.5 Å². The van der Waals surface area contributed by atoms with Gasteiger partial charge in [-0.1, -0.05) is 12.1 Å². The third-order valence-electron chi connectivity index (χ3n) is 5.19. The first-order valence-electron chi connectivity index (χ1n) is 10.2. The summed E-state index contributed by atoms with van der Waals surface area (Å²) < 4.78 is 21.7. The Morgan fingerprint density at radius 3 is 2.59 bits per heavy atom. The standard InChI is InChI=1S/C24H24N2O6/c1-29-17-8-9-19(30-2)16(15-17)7-10-21(27)25-22-18-5-3-4-6-20(18)32-23(22)24(28)26-11-13-31-14-12-26/h3-10,15H,11-14H2,1-2H3,(H,25,27)/b10-7+. The van der Waals surface area contributed by atoms with Crippen molar-refractivity contribution in [3.05, 3.63) is 59.9 Å². The first-order valence-corrected chi connectivity index (χ1v) is 10.2. The molecule has 166 valence electrons. The number of ether oxygens (including phenoxy) is 3. The molecule has 0 radical (unpaired) electrons. The van der Waals surface area contributed by atoms with Crippen molar-refractivity contribution < 1.29 is 28.2 Å². The fraction of sp³-hybridized carbons (Fsp3) is 0.250. The number of carbonyl (C=O) groups is 2. The van der Waals surface area contributed by atoms with Gasteiger partial charge < -0.3 is 28.8 Å². The Balaban J connectivity index is 1.61. The molecule has 1 aromatic heterocycles. The molecule has 0 aliphatic carbocycles. The normalized spacial score (nSPS) is 14.0. The van der Waals surface area contributed by atoms with Gasteiger partial charge in [-0.2, -0.15) is 0 Å². The summed E-state index contributed by atoms with van der Waals surface area (Å²) in [4.78, 5) is 27.5. The van der Waals surface area contributed by atoms with Gasteiger partial charge in [0.05, 0.1) is 27.4 Å². The summed E-state index contributed by atoms with van der Waals surface area (Å²) in [5, 5.41) is 3.48. The van der Waals surface area contributed by atoms with Gasteiger partial charge in [-0.05, 0) is 36.4 Å². The highest BCUT2D eigenvalue weighted by Gasteiger charge is 2.27. The van der Waals surface area contributed by atoms with Crippen LogP contribution >= 0.6 is 0 Å². The number of morpholine rings is 1. The minimum Gasteiger partial charge on any atom is -0.497 e. The van der Waals surface area contributed by atoms with E-state index in [0.717, 1.165) is 0 Å². The van der Waals surface area contributed by atoms with E-state index in [2.05, 4.69) is 5.32 Å². The Labute approximate surface area is 185 Å². The van der Waals surface area contributed by atoms with Gasteiger partial charge in [-0.25, -0.2) is 0 Å². The number of nitrogens with zero attached hydrogens (tertiary/aromatic N) is 1. The van der Waals surface area contributed by atoms with Crippen molar-refractivity contribution in [1.82, 2.24) is 4.90 Å². The highest BCUT2D eigenvalue weighted by atomic mass is 16.5. The summed E-state index contributed by atoms with van der Waals surface area (Å²) in [6.07, 6.45) is 3.00. The maximum atomic E-state index is 13.1. The molecule has 0 saturated carbocycles. The molecule has 1 saturated heterocycles. The SMILES string of the molecule is COc1ccc(OC)c(/C=C/C(=O)Nc2c(C(=O)N3CCOCC3)oc3ccccc23)c1. The molecular formula is C24H24N2O6. The van der Waals surface area contributed by atoms with Gasteiger partial charge in [0, 0.05) is 30.1 Å². The number of amides is 2. The molecule has 3 aromatic rings. The lowest BCUT2D eigenvalue weighted by molar-refractivity contribution is -0.111. The summed E-state index contributed by atoms with van der Waals surface area (Å²) >= 11 is 0. The van der Waals surface area contributed by atoms with E-state index in [1.54, 1.807) is 55.5 Å². The third-order valence-corrected chi connectivity index (χ3v) is 5.19. The van der Waals surface area contributed by atoms with Crippen LogP contribution in [0.1, 0.15) is 16.1 Å². The molecule has 2 amide bonds. The van der Waals surface area contributed by atoms with Crippen molar-refractivity contribution in [2.75, 3.05) is 45.8 Å². The molecule has 0 unspecified atom stereocenters. The van der Waals surface area contributed by atoms with Crippen molar-refractivity contribution in [2.45, 2.75) is 0 Å². The van der Waals surface area contributed by atoms with E-state index in [1.165, 1.54) is 6.08 Å². The van der Waals surface area contributed by atoms with Crippen molar-refractivity contribution in [1.29, 1.82) is 0 Å². The smallest absolute Gasteiger partial charge is 0.291 e. The fourth-order valence-electron chi connectivity index (χ4n) is 3.53. The number of carbonyl (C=O) groups excluding carboxylic acids is 2. The average molecular weight is 436 g/mol. The van der Waals surface area contributed by atoms with Crippen molar-refractivity contribution in [3.63, 3.8) is 0 Å². The highest BCUT2D eigenvalue weighted by Crippen LogP contribution is 2.32. The van der Waals surface area contributed by atoms with Crippen LogP contribution in [0.15, 0.2) is 53.0 Å². The van der Waals surface area contributed by atoms with Crippen LogP contribution in [0.3, 0.4) is 0 Å². The van der Waals surface area contributed by atoms with Crippen LogP contribution in [0.5, 0.6) is 11.5 Å².